The number of rotatable bonds is 0. The summed E-state index contributed by atoms with van der Waals surface area (Å²) in [6, 6.07) is 8.81. The molecule has 0 aliphatic heterocycles. The van der Waals surface area contributed by atoms with Gasteiger partial charge in [0.25, 0.3) is 0 Å². The van der Waals surface area contributed by atoms with Crippen LogP contribution in [0, 0.1) is 17.3 Å². The first kappa shape index (κ1) is 12.6. The van der Waals surface area contributed by atoms with Crippen LogP contribution >= 0.6 is 0 Å². The van der Waals surface area contributed by atoms with Crippen molar-refractivity contribution in [3.05, 3.63) is 35.4 Å². The van der Waals surface area contributed by atoms with E-state index >= 15 is 0 Å². The SMILES string of the molecule is C[C@]12CC[C@@H]3c4ccccc4CC[C@H]3[C@@H]1CC(O)C2=O. The Kier molecular flexibility index (Phi) is 2.62. The lowest BCUT2D eigenvalue weighted by molar-refractivity contribution is -0.134. The van der Waals surface area contributed by atoms with Gasteiger partial charge in [-0.2, -0.15) is 0 Å². The van der Waals surface area contributed by atoms with Crippen molar-refractivity contribution >= 4 is 5.78 Å². The molecule has 2 nitrogen and oxygen atoms in total. The van der Waals surface area contributed by atoms with Crippen molar-refractivity contribution < 1.29 is 9.90 Å². The fourth-order valence-corrected chi connectivity index (χ4v) is 5.31. The summed E-state index contributed by atoms with van der Waals surface area (Å²) in [4.78, 5) is 12.3. The first-order valence-corrected chi connectivity index (χ1v) is 7.91. The van der Waals surface area contributed by atoms with Crippen LogP contribution in [0.25, 0.3) is 0 Å². The molecule has 3 aliphatic carbocycles. The number of carbonyl (C=O) groups is 1. The Bertz CT molecular complexity index is 564. The number of aliphatic hydroxyl groups excluding tert-OH is 1. The minimum Gasteiger partial charge on any atom is -0.385 e. The minimum absolute atomic E-state index is 0.111. The highest BCUT2D eigenvalue weighted by molar-refractivity contribution is 5.91. The van der Waals surface area contributed by atoms with Crippen molar-refractivity contribution in [3.63, 3.8) is 0 Å². The normalized spacial score (nSPS) is 42.8. The van der Waals surface area contributed by atoms with E-state index < -0.39 is 6.10 Å². The van der Waals surface area contributed by atoms with Gasteiger partial charge in [0.2, 0.25) is 0 Å². The van der Waals surface area contributed by atoms with Gasteiger partial charge in [-0.1, -0.05) is 31.2 Å². The highest BCUT2D eigenvalue weighted by Crippen LogP contribution is 2.59. The first-order valence-electron chi connectivity index (χ1n) is 7.91. The van der Waals surface area contributed by atoms with Crippen LogP contribution < -0.4 is 0 Å². The molecule has 0 heterocycles. The summed E-state index contributed by atoms with van der Waals surface area (Å²) in [5.74, 6) is 1.69. The van der Waals surface area contributed by atoms with Gasteiger partial charge in [0.15, 0.2) is 5.78 Å². The van der Waals surface area contributed by atoms with Crippen LogP contribution in [0.2, 0.25) is 0 Å². The van der Waals surface area contributed by atoms with Gasteiger partial charge in [-0.25, -0.2) is 0 Å². The van der Waals surface area contributed by atoms with Crippen molar-refractivity contribution in [2.75, 3.05) is 0 Å². The Hall–Kier alpha value is -1.15. The summed E-state index contributed by atoms with van der Waals surface area (Å²) in [5.41, 5.74) is 2.76. The van der Waals surface area contributed by atoms with Crippen LogP contribution in [0.4, 0.5) is 0 Å². The van der Waals surface area contributed by atoms with Crippen molar-refractivity contribution in [3.8, 4) is 0 Å². The van der Waals surface area contributed by atoms with Crippen LogP contribution in [0.15, 0.2) is 24.3 Å². The van der Waals surface area contributed by atoms with Crippen molar-refractivity contribution in [1.82, 2.24) is 0 Å². The summed E-state index contributed by atoms with van der Waals surface area (Å²) in [7, 11) is 0. The molecule has 2 fully saturated rings. The molecule has 20 heavy (non-hydrogen) atoms. The summed E-state index contributed by atoms with van der Waals surface area (Å²) in [6.45, 7) is 2.10. The molecule has 0 spiro atoms. The lowest BCUT2D eigenvalue weighted by Crippen LogP contribution is -2.42. The van der Waals surface area contributed by atoms with E-state index in [1.54, 1.807) is 0 Å². The second kappa shape index (κ2) is 4.17. The second-order valence-corrected chi connectivity index (χ2v) is 7.19. The lowest BCUT2D eigenvalue weighted by atomic mass is 9.55. The van der Waals surface area contributed by atoms with Gasteiger partial charge < -0.3 is 5.11 Å². The van der Waals surface area contributed by atoms with E-state index in [0.29, 0.717) is 24.2 Å². The molecule has 1 unspecified atom stereocenters. The molecule has 2 heteroatoms. The third kappa shape index (κ3) is 1.52. The highest BCUT2D eigenvalue weighted by atomic mass is 16.3. The zero-order chi connectivity index (χ0) is 13.9. The topological polar surface area (TPSA) is 37.3 Å². The fraction of sp³-hybridized carbons (Fsp3) is 0.611. The molecule has 5 atom stereocenters. The molecule has 0 amide bonds. The molecule has 0 aromatic heterocycles. The number of carbonyl (C=O) groups excluding carboxylic acids is 1. The number of aliphatic hydroxyl groups is 1. The third-order valence-corrected chi connectivity index (χ3v) is 6.37. The third-order valence-electron chi connectivity index (χ3n) is 6.37. The van der Waals surface area contributed by atoms with E-state index in [9.17, 15) is 9.90 Å². The number of fused-ring (bicyclic) bond motifs is 5. The van der Waals surface area contributed by atoms with Gasteiger partial charge in [-0.05, 0) is 61.0 Å². The Labute approximate surface area is 120 Å². The number of ketones is 1. The standard InChI is InChI=1S/C18H22O2/c1-18-9-8-13-12-5-3-2-4-11(12)6-7-14(13)15(18)10-16(19)17(18)20/h2-5,13-16,19H,6-10H2,1H3/t13-,14-,15+,16?,18+/m1/s1. The van der Waals surface area contributed by atoms with Gasteiger partial charge in [0, 0.05) is 5.41 Å². The lowest BCUT2D eigenvalue weighted by Gasteiger charge is -2.48. The smallest absolute Gasteiger partial charge is 0.167 e. The predicted molar refractivity (Wildman–Crippen MR) is 77.5 cm³/mol. The van der Waals surface area contributed by atoms with E-state index in [0.717, 1.165) is 19.3 Å². The number of hydrogen-bond acceptors (Lipinski definition) is 2. The summed E-state index contributed by atoms with van der Waals surface area (Å²) < 4.78 is 0. The molecule has 106 valence electrons. The van der Waals surface area contributed by atoms with Gasteiger partial charge in [0.05, 0.1) is 0 Å². The molecule has 4 rings (SSSR count). The number of Topliss-reactive ketones (excluding diaryl/α,β-unsaturated/α-hetero) is 1. The van der Waals surface area contributed by atoms with Crippen molar-refractivity contribution in [2.45, 2.75) is 51.0 Å². The van der Waals surface area contributed by atoms with Crippen LogP contribution in [-0.2, 0) is 11.2 Å². The Morgan fingerprint density at radius 1 is 1.25 bits per heavy atom. The van der Waals surface area contributed by atoms with Crippen LogP contribution in [-0.4, -0.2) is 17.0 Å². The first-order chi connectivity index (χ1) is 9.61. The maximum absolute atomic E-state index is 12.3. The molecule has 1 aromatic rings. The highest BCUT2D eigenvalue weighted by Gasteiger charge is 2.57. The molecule has 1 N–H and O–H groups in total. The average Bonchev–Trinajstić information content (AvgIpc) is 2.71. The summed E-state index contributed by atoms with van der Waals surface area (Å²) in [5, 5.41) is 10.0. The van der Waals surface area contributed by atoms with Gasteiger partial charge >= 0.3 is 0 Å². The van der Waals surface area contributed by atoms with Gasteiger partial charge in [0.1, 0.15) is 6.10 Å². The monoisotopic (exact) mass is 270 g/mol. The molecular formula is C18H22O2. The number of benzene rings is 1. The Morgan fingerprint density at radius 3 is 2.90 bits per heavy atom. The average molecular weight is 270 g/mol. The van der Waals surface area contributed by atoms with E-state index in [-0.39, 0.29) is 11.2 Å². The molecule has 0 bridgehead atoms. The fourth-order valence-electron chi connectivity index (χ4n) is 5.31. The van der Waals surface area contributed by atoms with Gasteiger partial charge in [-0.3, -0.25) is 4.79 Å². The summed E-state index contributed by atoms with van der Waals surface area (Å²) >= 11 is 0. The molecule has 0 saturated heterocycles. The van der Waals surface area contributed by atoms with Crippen LogP contribution in [0.5, 0.6) is 0 Å². The van der Waals surface area contributed by atoms with Crippen molar-refractivity contribution in [2.24, 2.45) is 17.3 Å². The molecule has 2 saturated carbocycles. The van der Waals surface area contributed by atoms with Crippen LogP contribution in [0.1, 0.15) is 49.7 Å². The maximum atomic E-state index is 12.3. The Morgan fingerprint density at radius 2 is 2.05 bits per heavy atom. The Balaban J connectivity index is 1.74. The minimum atomic E-state index is -0.707. The predicted octanol–water partition coefficient (Wildman–Crippen LogP) is 3.08. The zero-order valence-corrected chi connectivity index (χ0v) is 12.0. The molecular weight excluding hydrogens is 248 g/mol. The quantitative estimate of drug-likeness (QED) is 0.786. The largest absolute Gasteiger partial charge is 0.385 e. The van der Waals surface area contributed by atoms with E-state index in [1.807, 2.05) is 0 Å². The summed E-state index contributed by atoms with van der Waals surface area (Å²) in [6.07, 6.45) is 4.35. The number of aryl methyl sites for hydroxylation is 1. The van der Waals surface area contributed by atoms with E-state index in [4.69, 9.17) is 0 Å². The maximum Gasteiger partial charge on any atom is 0.167 e. The molecule has 3 aliphatic rings. The second-order valence-electron chi connectivity index (χ2n) is 7.19. The number of hydrogen-bond donors (Lipinski definition) is 1. The van der Waals surface area contributed by atoms with E-state index in [1.165, 1.54) is 17.5 Å². The van der Waals surface area contributed by atoms with E-state index in [2.05, 4.69) is 31.2 Å². The molecule has 1 aromatic carbocycles. The zero-order valence-electron chi connectivity index (χ0n) is 12.0. The van der Waals surface area contributed by atoms with Gasteiger partial charge in [-0.15, -0.1) is 0 Å². The van der Waals surface area contributed by atoms with Crippen molar-refractivity contribution in [1.29, 1.82) is 0 Å². The van der Waals surface area contributed by atoms with Crippen LogP contribution in [0.3, 0.4) is 0 Å². The molecule has 0 radical (unpaired) electrons.